The molecule has 0 radical (unpaired) electrons. The molecule has 2 atom stereocenters. The van der Waals surface area contributed by atoms with Crippen LogP contribution in [-0.2, 0) is 9.47 Å². The lowest BCUT2D eigenvalue weighted by Crippen LogP contribution is -2.28. The highest BCUT2D eigenvalue weighted by Gasteiger charge is 2.17. The lowest BCUT2D eigenvalue weighted by atomic mass is 10.1. The molecule has 1 N–H and O–H groups in total. The standard InChI is InChI=1S/C10H22O3/c1-8(11)9(2)13-7-6-10(3,4)12-5/h8-9,11H,6-7H2,1-5H3/t8-,9?/m1/s1. The van der Waals surface area contributed by atoms with Gasteiger partial charge in [0, 0.05) is 13.7 Å². The van der Waals surface area contributed by atoms with Gasteiger partial charge in [-0.25, -0.2) is 0 Å². The van der Waals surface area contributed by atoms with Gasteiger partial charge < -0.3 is 14.6 Å². The zero-order valence-electron chi connectivity index (χ0n) is 9.33. The minimum Gasteiger partial charge on any atom is -0.391 e. The Morgan fingerprint density at radius 1 is 1.31 bits per heavy atom. The molecule has 0 bridgehead atoms. The third-order valence-corrected chi connectivity index (χ3v) is 2.32. The minimum atomic E-state index is -0.411. The van der Waals surface area contributed by atoms with E-state index in [2.05, 4.69) is 0 Å². The van der Waals surface area contributed by atoms with Gasteiger partial charge in [0.25, 0.3) is 0 Å². The zero-order valence-corrected chi connectivity index (χ0v) is 9.33. The van der Waals surface area contributed by atoms with Gasteiger partial charge in [-0.15, -0.1) is 0 Å². The summed E-state index contributed by atoms with van der Waals surface area (Å²) in [5.74, 6) is 0. The second-order valence-electron chi connectivity index (χ2n) is 4.03. The van der Waals surface area contributed by atoms with E-state index in [4.69, 9.17) is 14.6 Å². The molecule has 13 heavy (non-hydrogen) atoms. The van der Waals surface area contributed by atoms with Crippen LogP contribution in [0.5, 0.6) is 0 Å². The third-order valence-electron chi connectivity index (χ3n) is 2.32. The molecule has 0 fully saturated rings. The highest BCUT2D eigenvalue weighted by molar-refractivity contribution is 4.67. The minimum absolute atomic E-state index is 0.104. The van der Waals surface area contributed by atoms with E-state index in [1.807, 2.05) is 20.8 Å². The lowest BCUT2D eigenvalue weighted by Gasteiger charge is -2.24. The summed E-state index contributed by atoms with van der Waals surface area (Å²) in [7, 11) is 1.69. The van der Waals surface area contributed by atoms with E-state index >= 15 is 0 Å². The molecular formula is C10H22O3. The second-order valence-corrected chi connectivity index (χ2v) is 4.03. The Bertz CT molecular complexity index is 132. The van der Waals surface area contributed by atoms with E-state index < -0.39 is 6.10 Å². The van der Waals surface area contributed by atoms with Crippen molar-refractivity contribution in [2.75, 3.05) is 13.7 Å². The first-order chi connectivity index (χ1) is 5.89. The summed E-state index contributed by atoms with van der Waals surface area (Å²) < 4.78 is 10.6. The summed E-state index contributed by atoms with van der Waals surface area (Å²) in [6.45, 7) is 8.25. The van der Waals surface area contributed by atoms with E-state index in [1.165, 1.54) is 0 Å². The first-order valence-corrected chi connectivity index (χ1v) is 4.74. The highest BCUT2D eigenvalue weighted by atomic mass is 16.5. The number of methoxy groups -OCH3 is 1. The molecule has 0 aliphatic heterocycles. The number of aliphatic hydroxyl groups excluding tert-OH is 1. The molecule has 0 amide bonds. The van der Waals surface area contributed by atoms with Gasteiger partial charge in [-0.1, -0.05) is 0 Å². The molecule has 0 spiro atoms. The Morgan fingerprint density at radius 3 is 2.23 bits per heavy atom. The monoisotopic (exact) mass is 190 g/mol. The molecule has 0 aliphatic carbocycles. The largest absolute Gasteiger partial charge is 0.391 e. The van der Waals surface area contributed by atoms with E-state index in [0.717, 1.165) is 6.42 Å². The highest BCUT2D eigenvalue weighted by Crippen LogP contribution is 2.13. The van der Waals surface area contributed by atoms with Crippen LogP contribution in [0.25, 0.3) is 0 Å². The topological polar surface area (TPSA) is 38.7 Å². The van der Waals surface area contributed by atoms with E-state index in [0.29, 0.717) is 6.61 Å². The van der Waals surface area contributed by atoms with Crippen LogP contribution in [0, 0.1) is 0 Å². The molecule has 0 saturated carbocycles. The van der Waals surface area contributed by atoms with Crippen molar-refractivity contribution in [1.29, 1.82) is 0 Å². The van der Waals surface area contributed by atoms with E-state index in [9.17, 15) is 0 Å². The average molecular weight is 190 g/mol. The van der Waals surface area contributed by atoms with Gasteiger partial charge in [0.2, 0.25) is 0 Å². The zero-order chi connectivity index (χ0) is 10.5. The van der Waals surface area contributed by atoms with Crippen molar-refractivity contribution in [3.05, 3.63) is 0 Å². The predicted molar refractivity (Wildman–Crippen MR) is 52.8 cm³/mol. The molecule has 0 aromatic heterocycles. The van der Waals surface area contributed by atoms with Crippen LogP contribution in [0.4, 0.5) is 0 Å². The summed E-state index contributed by atoms with van der Waals surface area (Å²) >= 11 is 0. The lowest BCUT2D eigenvalue weighted by molar-refractivity contribution is -0.0524. The Morgan fingerprint density at radius 2 is 1.85 bits per heavy atom. The Labute approximate surface area is 81.0 Å². The fourth-order valence-corrected chi connectivity index (χ4v) is 0.732. The van der Waals surface area contributed by atoms with Crippen LogP contribution >= 0.6 is 0 Å². The van der Waals surface area contributed by atoms with Gasteiger partial charge >= 0.3 is 0 Å². The van der Waals surface area contributed by atoms with Gasteiger partial charge in [-0.3, -0.25) is 0 Å². The Kier molecular flexibility index (Phi) is 5.53. The molecule has 3 nitrogen and oxygen atoms in total. The normalized spacial score (nSPS) is 17.1. The number of aliphatic hydroxyl groups is 1. The Balaban J connectivity index is 3.56. The van der Waals surface area contributed by atoms with Crippen LogP contribution in [-0.4, -0.2) is 36.6 Å². The van der Waals surface area contributed by atoms with Crippen molar-refractivity contribution < 1.29 is 14.6 Å². The smallest absolute Gasteiger partial charge is 0.0803 e. The van der Waals surface area contributed by atoms with Crippen molar-refractivity contribution in [2.45, 2.75) is 51.9 Å². The summed E-state index contributed by atoms with van der Waals surface area (Å²) in [5, 5.41) is 9.15. The van der Waals surface area contributed by atoms with Gasteiger partial charge in [-0.2, -0.15) is 0 Å². The van der Waals surface area contributed by atoms with Crippen LogP contribution in [0.1, 0.15) is 34.1 Å². The summed E-state index contributed by atoms with van der Waals surface area (Å²) in [5.41, 5.74) is -0.140. The average Bonchev–Trinajstić information content (AvgIpc) is 2.04. The van der Waals surface area contributed by atoms with Crippen molar-refractivity contribution in [2.24, 2.45) is 0 Å². The second kappa shape index (κ2) is 5.58. The number of hydrogen-bond donors (Lipinski definition) is 1. The van der Waals surface area contributed by atoms with Gasteiger partial charge in [0.15, 0.2) is 0 Å². The predicted octanol–water partition coefficient (Wildman–Crippen LogP) is 1.59. The molecule has 0 aromatic rings. The molecule has 0 rings (SSSR count). The quantitative estimate of drug-likeness (QED) is 0.691. The summed E-state index contributed by atoms with van der Waals surface area (Å²) in [4.78, 5) is 0. The molecular weight excluding hydrogens is 168 g/mol. The molecule has 0 aliphatic rings. The van der Waals surface area contributed by atoms with Gasteiger partial charge in [-0.05, 0) is 34.1 Å². The molecule has 1 unspecified atom stereocenters. The fraction of sp³-hybridized carbons (Fsp3) is 1.00. The fourth-order valence-electron chi connectivity index (χ4n) is 0.732. The number of ether oxygens (including phenoxy) is 2. The number of hydrogen-bond acceptors (Lipinski definition) is 3. The molecule has 0 saturated heterocycles. The summed E-state index contributed by atoms with van der Waals surface area (Å²) in [6.07, 6.45) is 0.318. The third kappa shape index (κ3) is 6.02. The van der Waals surface area contributed by atoms with Crippen LogP contribution in [0.2, 0.25) is 0 Å². The van der Waals surface area contributed by atoms with Gasteiger partial charge in [0.05, 0.1) is 17.8 Å². The molecule has 0 heterocycles. The maximum atomic E-state index is 9.15. The Hall–Kier alpha value is -0.120. The summed E-state index contributed by atoms with van der Waals surface area (Å²) in [6, 6.07) is 0. The first-order valence-electron chi connectivity index (χ1n) is 4.74. The SMILES string of the molecule is COC(C)(C)CCOC(C)[C@@H](C)O. The first kappa shape index (κ1) is 12.9. The van der Waals surface area contributed by atoms with E-state index in [-0.39, 0.29) is 11.7 Å². The van der Waals surface area contributed by atoms with Crippen molar-refractivity contribution in [3.8, 4) is 0 Å². The molecule has 3 heteroatoms. The number of rotatable bonds is 6. The maximum absolute atomic E-state index is 9.15. The van der Waals surface area contributed by atoms with Crippen molar-refractivity contribution >= 4 is 0 Å². The maximum Gasteiger partial charge on any atom is 0.0803 e. The van der Waals surface area contributed by atoms with Crippen molar-refractivity contribution in [1.82, 2.24) is 0 Å². The molecule has 80 valence electrons. The molecule has 0 aromatic carbocycles. The van der Waals surface area contributed by atoms with Crippen LogP contribution in [0.15, 0.2) is 0 Å². The van der Waals surface area contributed by atoms with E-state index in [1.54, 1.807) is 14.0 Å². The van der Waals surface area contributed by atoms with Gasteiger partial charge in [0.1, 0.15) is 0 Å². The van der Waals surface area contributed by atoms with Crippen LogP contribution < -0.4 is 0 Å². The van der Waals surface area contributed by atoms with Crippen LogP contribution in [0.3, 0.4) is 0 Å². The van der Waals surface area contributed by atoms with Crippen molar-refractivity contribution in [3.63, 3.8) is 0 Å².